The Hall–Kier alpha value is -2.78. The highest BCUT2D eigenvalue weighted by Gasteiger charge is 2.33. The second-order valence-electron chi connectivity index (χ2n) is 7.87. The number of hydrogen-bond acceptors (Lipinski definition) is 4. The first-order valence-corrected chi connectivity index (χ1v) is 11.6. The van der Waals surface area contributed by atoms with Crippen LogP contribution in [0.2, 0.25) is 0 Å². The third-order valence-electron chi connectivity index (χ3n) is 5.15. The zero-order valence-electron chi connectivity index (χ0n) is 17.5. The molecule has 0 bridgehead atoms. The molecule has 1 unspecified atom stereocenters. The van der Waals surface area contributed by atoms with Crippen LogP contribution >= 0.6 is 0 Å². The van der Waals surface area contributed by atoms with Crippen molar-refractivity contribution in [2.45, 2.75) is 31.6 Å². The normalized spacial score (nSPS) is 17.4. The number of carbonyl (C=O) groups is 2. The van der Waals surface area contributed by atoms with Gasteiger partial charge in [-0.15, -0.1) is 0 Å². The van der Waals surface area contributed by atoms with Crippen LogP contribution in [0.15, 0.2) is 53.4 Å². The lowest BCUT2D eigenvalue weighted by atomic mass is 9.98. The number of carbonyl (C=O) groups excluding carboxylic acids is 2. The van der Waals surface area contributed by atoms with Crippen LogP contribution in [0.5, 0.6) is 0 Å². The van der Waals surface area contributed by atoms with Crippen molar-refractivity contribution in [3.8, 4) is 0 Å². The summed E-state index contributed by atoms with van der Waals surface area (Å²) in [6.45, 7) is 3.98. The largest absolute Gasteiger partial charge is 0.326 e. The third kappa shape index (κ3) is 5.68. The van der Waals surface area contributed by atoms with Gasteiger partial charge in [0.15, 0.2) is 0 Å². The average Bonchev–Trinajstić information content (AvgIpc) is 2.75. The summed E-state index contributed by atoms with van der Waals surface area (Å²) in [6, 6.07) is 11.4. The van der Waals surface area contributed by atoms with Crippen molar-refractivity contribution >= 4 is 33.2 Å². The van der Waals surface area contributed by atoms with Crippen LogP contribution in [0.3, 0.4) is 0 Å². The lowest BCUT2D eigenvalue weighted by molar-refractivity contribution is -0.121. The van der Waals surface area contributed by atoms with Crippen LogP contribution in [0.25, 0.3) is 0 Å². The lowest BCUT2D eigenvalue weighted by Crippen LogP contribution is -2.43. The van der Waals surface area contributed by atoms with Crippen LogP contribution in [-0.4, -0.2) is 37.6 Å². The molecule has 0 spiro atoms. The highest BCUT2D eigenvalue weighted by atomic mass is 32.2. The number of rotatable bonds is 6. The summed E-state index contributed by atoms with van der Waals surface area (Å²) in [4.78, 5) is 24.5. The van der Waals surface area contributed by atoms with E-state index in [-0.39, 0.29) is 29.2 Å². The summed E-state index contributed by atoms with van der Waals surface area (Å²) in [5.74, 6) is -1.51. The molecule has 2 N–H and O–H groups in total. The van der Waals surface area contributed by atoms with Crippen LogP contribution in [0.1, 0.15) is 26.7 Å². The molecule has 0 saturated carbocycles. The second-order valence-corrected chi connectivity index (χ2v) is 9.80. The van der Waals surface area contributed by atoms with Gasteiger partial charge in [0.2, 0.25) is 21.8 Å². The molecular weight excluding hydrogens is 421 g/mol. The maximum Gasteiger partial charge on any atom is 0.243 e. The molecule has 0 aromatic heterocycles. The minimum atomic E-state index is -3.80. The third-order valence-corrected chi connectivity index (χ3v) is 7.03. The Morgan fingerprint density at radius 2 is 1.58 bits per heavy atom. The lowest BCUT2D eigenvalue weighted by Gasteiger charge is -2.31. The molecular formula is C22H26FN3O4S. The Kier molecular flexibility index (Phi) is 7.07. The fourth-order valence-electron chi connectivity index (χ4n) is 3.30. The predicted octanol–water partition coefficient (Wildman–Crippen LogP) is 3.46. The van der Waals surface area contributed by atoms with Gasteiger partial charge in [-0.1, -0.05) is 13.8 Å². The zero-order chi connectivity index (χ0) is 22.6. The highest BCUT2D eigenvalue weighted by molar-refractivity contribution is 7.89. The Balaban J connectivity index is 1.63. The fourth-order valence-corrected chi connectivity index (χ4v) is 4.82. The number of benzene rings is 2. The van der Waals surface area contributed by atoms with Gasteiger partial charge in [0.05, 0.1) is 10.8 Å². The van der Waals surface area contributed by atoms with E-state index in [2.05, 4.69) is 10.6 Å². The number of nitrogens with one attached hydrogen (secondary N) is 2. The maximum absolute atomic E-state index is 13.1. The van der Waals surface area contributed by atoms with Gasteiger partial charge in [0, 0.05) is 30.4 Å². The van der Waals surface area contributed by atoms with Gasteiger partial charge >= 0.3 is 0 Å². The molecule has 2 amide bonds. The zero-order valence-corrected chi connectivity index (χ0v) is 18.3. The van der Waals surface area contributed by atoms with Crippen molar-refractivity contribution in [3.63, 3.8) is 0 Å². The van der Waals surface area contributed by atoms with Crippen molar-refractivity contribution in [2.75, 3.05) is 23.7 Å². The molecule has 166 valence electrons. The number of piperidine rings is 1. The van der Waals surface area contributed by atoms with E-state index >= 15 is 0 Å². The van der Waals surface area contributed by atoms with Crippen molar-refractivity contribution < 1.29 is 22.4 Å². The number of anilines is 2. The van der Waals surface area contributed by atoms with Crippen molar-refractivity contribution in [1.82, 2.24) is 4.31 Å². The summed E-state index contributed by atoms with van der Waals surface area (Å²) < 4.78 is 40.1. The standard InChI is InChI=1S/C22H26FN3O4S/c1-15(2)21(27)24-18-7-9-19(10-8-18)25-22(28)16-4-3-13-26(14-16)31(29,30)20-11-5-17(23)6-12-20/h5-12,15-16H,3-4,13-14H2,1-2H3,(H,24,27)(H,25,28). The van der Waals surface area contributed by atoms with E-state index < -0.39 is 21.8 Å². The van der Waals surface area contributed by atoms with E-state index in [1.165, 1.54) is 16.4 Å². The highest BCUT2D eigenvalue weighted by Crippen LogP contribution is 2.25. The predicted molar refractivity (Wildman–Crippen MR) is 116 cm³/mol. The Bertz CT molecular complexity index is 1040. The van der Waals surface area contributed by atoms with E-state index in [4.69, 9.17) is 0 Å². The SMILES string of the molecule is CC(C)C(=O)Nc1ccc(NC(=O)C2CCCN(S(=O)(=O)c3ccc(F)cc3)C2)cc1. The van der Waals surface area contributed by atoms with Gasteiger partial charge < -0.3 is 10.6 Å². The number of halogens is 1. The van der Waals surface area contributed by atoms with E-state index in [1.54, 1.807) is 38.1 Å². The number of amides is 2. The Labute approximate surface area is 181 Å². The summed E-state index contributed by atoms with van der Waals surface area (Å²) in [6.07, 6.45) is 1.13. The van der Waals surface area contributed by atoms with Gasteiger partial charge in [-0.05, 0) is 61.4 Å². The molecule has 9 heteroatoms. The first-order valence-electron chi connectivity index (χ1n) is 10.1. The van der Waals surface area contributed by atoms with E-state index in [9.17, 15) is 22.4 Å². The molecule has 2 aromatic rings. The van der Waals surface area contributed by atoms with Crippen LogP contribution < -0.4 is 10.6 Å². The first-order chi connectivity index (χ1) is 14.7. The molecule has 1 saturated heterocycles. The molecule has 2 aromatic carbocycles. The van der Waals surface area contributed by atoms with Crippen molar-refractivity contribution in [1.29, 1.82) is 0 Å². The van der Waals surface area contributed by atoms with Crippen LogP contribution in [0.4, 0.5) is 15.8 Å². The summed E-state index contributed by atoms with van der Waals surface area (Å²) in [5.41, 5.74) is 1.19. The molecule has 1 atom stereocenters. The molecule has 1 aliphatic rings. The molecule has 1 heterocycles. The summed E-state index contributed by atoms with van der Waals surface area (Å²) >= 11 is 0. The number of sulfonamides is 1. The van der Waals surface area contributed by atoms with Crippen LogP contribution in [0, 0.1) is 17.7 Å². The molecule has 0 aliphatic carbocycles. The van der Waals surface area contributed by atoms with E-state index in [1.807, 2.05) is 0 Å². The molecule has 1 fully saturated rings. The first kappa shape index (κ1) is 22.9. The smallest absolute Gasteiger partial charge is 0.243 e. The molecule has 31 heavy (non-hydrogen) atoms. The van der Waals surface area contributed by atoms with Gasteiger partial charge in [-0.3, -0.25) is 9.59 Å². The maximum atomic E-state index is 13.1. The average molecular weight is 448 g/mol. The Morgan fingerprint density at radius 3 is 2.16 bits per heavy atom. The molecule has 3 rings (SSSR count). The van der Waals surface area contributed by atoms with Crippen molar-refractivity contribution in [3.05, 3.63) is 54.3 Å². The minimum Gasteiger partial charge on any atom is -0.326 e. The minimum absolute atomic E-state index is 0.00833. The molecule has 0 radical (unpaired) electrons. The summed E-state index contributed by atoms with van der Waals surface area (Å²) in [5, 5.41) is 5.59. The van der Waals surface area contributed by atoms with Gasteiger partial charge in [0.25, 0.3) is 0 Å². The van der Waals surface area contributed by atoms with Gasteiger partial charge in [-0.2, -0.15) is 4.31 Å². The molecule has 1 aliphatic heterocycles. The number of hydrogen-bond donors (Lipinski definition) is 2. The number of nitrogens with zero attached hydrogens (tertiary/aromatic N) is 1. The van der Waals surface area contributed by atoms with Gasteiger partial charge in [-0.25, -0.2) is 12.8 Å². The second kappa shape index (κ2) is 9.57. The van der Waals surface area contributed by atoms with Crippen molar-refractivity contribution in [2.24, 2.45) is 11.8 Å². The fraction of sp³-hybridized carbons (Fsp3) is 0.364. The topological polar surface area (TPSA) is 95.6 Å². The summed E-state index contributed by atoms with van der Waals surface area (Å²) in [7, 11) is -3.80. The monoisotopic (exact) mass is 447 g/mol. The van der Waals surface area contributed by atoms with Crippen LogP contribution in [-0.2, 0) is 19.6 Å². The quantitative estimate of drug-likeness (QED) is 0.709. The van der Waals surface area contributed by atoms with E-state index in [0.717, 1.165) is 12.1 Å². The van der Waals surface area contributed by atoms with Gasteiger partial charge in [0.1, 0.15) is 5.82 Å². The molecule has 7 nitrogen and oxygen atoms in total. The van der Waals surface area contributed by atoms with E-state index in [0.29, 0.717) is 30.8 Å². The Morgan fingerprint density at radius 1 is 1.00 bits per heavy atom.